The molecule has 0 atom stereocenters. The van der Waals surface area contributed by atoms with Crippen molar-refractivity contribution in [3.63, 3.8) is 0 Å². The molecule has 14 nitrogen and oxygen atoms in total. The first kappa shape index (κ1) is 70.2. The van der Waals surface area contributed by atoms with Gasteiger partial charge >= 0.3 is 0 Å². The van der Waals surface area contributed by atoms with Crippen LogP contribution >= 0.6 is 0 Å². The normalized spacial score (nSPS) is 11.1. The summed E-state index contributed by atoms with van der Waals surface area (Å²) in [6.45, 7) is 0. The molecule has 0 aliphatic heterocycles. The summed E-state index contributed by atoms with van der Waals surface area (Å²) in [5.41, 5.74) is 25.5. The first-order valence-corrected chi connectivity index (χ1v) is 38.0. The minimum absolute atomic E-state index is 0.0467. The van der Waals surface area contributed by atoms with E-state index < -0.39 is 0 Å². The van der Waals surface area contributed by atoms with E-state index in [1.54, 1.807) is 9.59 Å². The number of carbonyl (C=O) groups is 2. The van der Waals surface area contributed by atoms with Crippen LogP contribution in [-0.4, -0.2) is 41.8 Å². The molecule has 2 aromatic heterocycles. The Balaban J connectivity index is 0.582. The van der Waals surface area contributed by atoms with Crippen molar-refractivity contribution in [3.8, 4) is 55.9 Å². The van der Waals surface area contributed by atoms with Crippen LogP contribution in [0, 0.1) is 0 Å². The minimum atomic E-state index is -0.307. The van der Waals surface area contributed by atoms with Gasteiger partial charge in [-0.15, -0.1) is 20.4 Å². The van der Waals surface area contributed by atoms with E-state index in [1.165, 1.54) is 0 Å². The number of hydrogen-bond donors (Lipinski definition) is 2. The van der Waals surface area contributed by atoms with Gasteiger partial charge in [-0.1, -0.05) is 218 Å². The molecule has 18 rings (SSSR count). The van der Waals surface area contributed by atoms with E-state index >= 15 is 0 Å². The predicted octanol–water partition coefficient (Wildman–Crippen LogP) is 25.1. The van der Waals surface area contributed by atoms with Crippen LogP contribution in [0.2, 0.25) is 0 Å². The second-order valence-corrected chi connectivity index (χ2v) is 27.6. The highest BCUT2D eigenvalue weighted by Crippen LogP contribution is 2.44. The molecule has 2 amide bonds. The summed E-state index contributed by atoms with van der Waals surface area (Å²) in [5, 5.41) is 27.0. The molecular formula is C100H74N12O2. The van der Waals surface area contributed by atoms with Gasteiger partial charge in [-0.05, 0) is 216 Å². The number of amides is 2. The Morgan fingerprint density at radius 3 is 0.570 bits per heavy atom. The maximum absolute atomic E-state index is 13.6. The zero-order chi connectivity index (χ0) is 76.5. The SMILES string of the molecule is O=C(CCC(=O)Nc1ccc(-n2nc3c(-c4ccc(N(c5ccccc5)c5ccccc5)cc4)ccc(-c4ccc(N(c5ccccc5)c5ccccc5)cc4)c3n2)cc1)Nc1ccc(-n2nc3c(-c4ccc(N(c5ccccc5)c5ccccc5)cc4)ccc(-c4ccc(N(c5ccccc5)c5ccccc5)cc4)c3n2)cc1. The van der Waals surface area contributed by atoms with Gasteiger partial charge in [0.05, 0.1) is 11.4 Å². The molecule has 16 aromatic carbocycles. The van der Waals surface area contributed by atoms with Gasteiger partial charge in [0.1, 0.15) is 22.1 Å². The lowest BCUT2D eigenvalue weighted by molar-refractivity contribution is -0.121. The van der Waals surface area contributed by atoms with Gasteiger partial charge < -0.3 is 30.2 Å². The maximum Gasteiger partial charge on any atom is 0.224 e. The van der Waals surface area contributed by atoms with Gasteiger partial charge in [0, 0.05) is 115 Å². The van der Waals surface area contributed by atoms with E-state index in [4.69, 9.17) is 20.4 Å². The molecule has 0 saturated carbocycles. The number of anilines is 14. The zero-order valence-electron chi connectivity index (χ0n) is 62.0. The Morgan fingerprint density at radius 1 is 0.211 bits per heavy atom. The summed E-state index contributed by atoms with van der Waals surface area (Å²) in [6.07, 6.45) is -0.0935. The van der Waals surface area contributed by atoms with Crippen LogP contribution in [0.1, 0.15) is 12.8 Å². The van der Waals surface area contributed by atoms with E-state index in [-0.39, 0.29) is 24.7 Å². The average molecular weight is 1480 g/mol. The first-order chi connectivity index (χ1) is 56.3. The molecule has 0 saturated heterocycles. The van der Waals surface area contributed by atoms with Crippen molar-refractivity contribution in [3.05, 3.63) is 413 Å². The highest BCUT2D eigenvalue weighted by Gasteiger charge is 2.23. The number of aromatic nitrogens is 6. The lowest BCUT2D eigenvalue weighted by Gasteiger charge is -2.25. The number of benzene rings is 16. The van der Waals surface area contributed by atoms with Crippen LogP contribution in [0.25, 0.3) is 77.9 Å². The van der Waals surface area contributed by atoms with Gasteiger partial charge in [-0.3, -0.25) is 9.59 Å². The third-order valence-corrected chi connectivity index (χ3v) is 20.3. The molecule has 18 aromatic rings. The summed E-state index contributed by atoms with van der Waals surface area (Å²) in [6, 6.07) is 141. The highest BCUT2D eigenvalue weighted by molar-refractivity contribution is 6.03. The molecule has 0 aliphatic rings. The Bertz CT molecular complexity index is 5450. The van der Waals surface area contributed by atoms with E-state index in [9.17, 15) is 9.59 Å². The van der Waals surface area contributed by atoms with Crippen molar-refractivity contribution < 1.29 is 9.59 Å². The summed E-state index contributed by atoms with van der Waals surface area (Å²) in [5.74, 6) is -0.613. The standard InChI is InChI=1S/C100H74N12O2/c113-95(101-75-49-61-89(62-50-75)111-103-97-91(71-41-53-85(54-42-71)107(77-25-9-1-10-26-77)78-27-11-2-12-28-78)65-66-92(98(97)104-111)72-43-55-86(56-44-72)108(79-29-13-3-14-30-79)80-31-15-4-16-32-80)69-70-96(114)102-76-51-63-90(64-52-76)112-105-99-93(73-45-57-87(58-46-73)109(81-33-17-5-18-34-81)82-35-19-6-20-36-82)67-68-94(100(99)106-112)74-47-59-88(60-48-74)110(83-37-21-7-22-38-83)84-39-23-8-24-40-84/h1-68H,69-70H2,(H,101,113)(H,102,114). The van der Waals surface area contributed by atoms with Crippen LogP contribution in [0.5, 0.6) is 0 Å². The molecular weight excluding hydrogens is 1400 g/mol. The van der Waals surface area contributed by atoms with E-state index in [1.807, 2.05) is 97.1 Å². The quantitative estimate of drug-likeness (QED) is 0.0638. The summed E-state index contributed by atoms with van der Waals surface area (Å²) in [7, 11) is 0. The summed E-state index contributed by atoms with van der Waals surface area (Å²) < 4.78 is 0. The molecule has 0 spiro atoms. The van der Waals surface area contributed by atoms with Gasteiger partial charge in [0.2, 0.25) is 11.8 Å². The summed E-state index contributed by atoms with van der Waals surface area (Å²) in [4.78, 5) is 39.6. The van der Waals surface area contributed by atoms with Crippen LogP contribution in [0.4, 0.5) is 79.6 Å². The molecule has 114 heavy (non-hydrogen) atoms. The van der Waals surface area contributed by atoms with Crippen LogP contribution in [0.3, 0.4) is 0 Å². The topological polar surface area (TPSA) is 133 Å². The van der Waals surface area contributed by atoms with E-state index in [0.29, 0.717) is 22.7 Å². The van der Waals surface area contributed by atoms with Crippen molar-refractivity contribution in [2.24, 2.45) is 0 Å². The fourth-order valence-corrected chi connectivity index (χ4v) is 14.7. The van der Waals surface area contributed by atoms with Gasteiger partial charge in [0.15, 0.2) is 0 Å². The van der Waals surface area contributed by atoms with Crippen molar-refractivity contribution in [2.45, 2.75) is 12.8 Å². The summed E-state index contributed by atoms with van der Waals surface area (Å²) >= 11 is 0. The second-order valence-electron chi connectivity index (χ2n) is 27.6. The van der Waals surface area contributed by atoms with E-state index in [0.717, 1.165) is 135 Å². The lowest BCUT2D eigenvalue weighted by Crippen LogP contribution is -2.17. The molecule has 546 valence electrons. The molecule has 0 unspecified atom stereocenters. The van der Waals surface area contributed by atoms with Gasteiger partial charge in [-0.25, -0.2) is 0 Å². The first-order valence-electron chi connectivity index (χ1n) is 38.0. The Labute approximate surface area is 660 Å². The van der Waals surface area contributed by atoms with Gasteiger partial charge in [0.25, 0.3) is 0 Å². The molecule has 14 heteroatoms. The van der Waals surface area contributed by atoms with Crippen molar-refractivity contribution in [1.82, 2.24) is 30.0 Å². The minimum Gasteiger partial charge on any atom is -0.326 e. The third kappa shape index (κ3) is 14.8. The number of para-hydroxylation sites is 8. The van der Waals surface area contributed by atoms with Crippen molar-refractivity contribution >= 4 is 114 Å². The monoisotopic (exact) mass is 1470 g/mol. The Morgan fingerprint density at radius 2 is 0.386 bits per heavy atom. The van der Waals surface area contributed by atoms with Crippen molar-refractivity contribution in [1.29, 1.82) is 0 Å². The lowest BCUT2D eigenvalue weighted by atomic mass is 9.97. The molecule has 0 radical (unpaired) electrons. The van der Waals surface area contributed by atoms with Crippen molar-refractivity contribution in [2.75, 3.05) is 30.2 Å². The van der Waals surface area contributed by atoms with Crippen LogP contribution in [-0.2, 0) is 9.59 Å². The fourth-order valence-electron chi connectivity index (χ4n) is 14.7. The maximum atomic E-state index is 13.6. The molecule has 2 N–H and O–H groups in total. The average Bonchev–Trinajstić information content (AvgIpc) is 1.58. The fraction of sp³-hybridized carbons (Fsp3) is 0.0200. The molecule has 2 heterocycles. The number of nitrogens with zero attached hydrogens (tertiary/aromatic N) is 10. The Kier molecular flexibility index (Phi) is 19.7. The third-order valence-electron chi connectivity index (χ3n) is 20.3. The van der Waals surface area contributed by atoms with Gasteiger partial charge in [-0.2, -0.15) is 9.59 Å². The van der Waals surface area contributed by atoms with E-state index in [2.05, 4.69) is 346 Å². The molecule has 0 bridgehead atoms. The predicted molar refractivity (Wildman–Crippen MR) is 465 cm³/mol. The molecule has 0 aliphatic carbocycles. The number of nitrogens with one attached hydrogen (secondary N) is 2. The number of fused-ring (bicyclic) bond motifs is 2. The van der Waals surface area contributed by atoms with Crippen LogP contribution < -0.4 is 30.2 Å². The van der Waals surface area contributed by atoms with Crippen LogP contribution in [0.15, 0.2) is 413 Å². The second kappa shape index (κ2) is 32.0. The largest absolute Gasteiger partial charge is 0.326 e. The number of rotatable bonds is 23. The zero-order valence-corrected chi connectivity index (χ0v) is 62.0. The Hall–Kier alpha value is -15.5. The number of hydrogen-bond acceptors (Lipinski definition) is 10. The smallest absolute Gasteiger partial charge is 0.224 e. The highest BCUT2D eigenvalue weighted by atomic mass is 16.2. The molecule has 0 fully saturated rings. The number of carbonyl (C=O) groups excluding carboxylic acids is 2.